The molecular formula is C13H29N3. The lowest BCUT2D eigenvalue weighted by Crippen LogP contribution is -2.38. The Bertz CT molecular complexity index is 192. The Labute approximate surface area is 101 Å². The first-order valence-electron chi connectivity index (χ1n) is 6.44. The van der Waals surface area contributed by atoms with Gasteiger partial charge in [0.2, 0.25) is 0 Å². The van der Waals surface area contributed by atoms with Gasteiger partial charge in [-0.05, 0) is 24.7 Å². The summed E-state index contributed by atoms with van der Waals surface area (Å²) in [6.45, 7) is 11.0. The molecule has 0 amide bonds. The van der Waals surface area contributed by atoms with Gasteiger partial charge in [0.25, 0.3) is 0 Å². The van der Waals surface area contributed by atoms with Crippen molar-refractivity contribution >= 4 is 5.96 Å². The lowest BCUT2D eigenvalue weighted by atomic mass is 9.90. The van der Waals surface area contributed by atoms with Gasteiger partial charge in [0, 0.05) is 20.1 Å². The molecule has 0 fully saturated rings. The van der Waals surface area contributed by atoms with Crippen molar-refractivity contribution in [2.45, 2.75) is 53.4 Å². The summed E-state index contributed by atoms with van der Waals surface area (Å²) in [6.07, 6.45) is 4.91. The van der Waals surface area contributed by atoms with Crippen molar-refractivity contribution in [3.05, 3.63) is 0 Å². The van der Waals surface area contributed by atoms with Gasteiger partial charge in [-0.2, -0.15) is 0 Å². The Morgan fingerprint density at radius 1 is 1.06 bits per heavy atom. The molecule has 0 aliphatic rings. The van der Waals surface area contributed by atoms with E-state index in [9.17, 15) is 0 Å². The molecular weight excluding hydrogens is 198 g/mol. The van der Waals surface area contributed by atoms with E-state index in [1.807, 2.05) is 7.05 Å². The molecule has 0 spiro atoms. The first-order chi connectivity index (χ1) is 7.49. The maximum Gasteiger partial charge on any atom is 0.190 e. The SMILES string of the molecule is CCCNC(=NC)NCCCCC(C)(C)C. The molecule has 96 valence electrons. The molecule has 0 saturated carbocycles. The van der Waals surface area contributed by atoms with E-state index < -0.39 is 0 Å². The largest absolute Gasteiger partial charge is 0.356 e. The zero-order valence-electron chi connectivity index (χ0n) is 11.7. The Kier molecular flexibility index (Phi) is 8.04. The maximum atomic E-state index is 4.17. The fourth-order valence-corrected chi connectivity index (χ4v) is 1.45. The van der Waals surface area contributed by atoms with Gasteiger partial charge in [0.15, 0.2) is 5.96 Å². The second kappa shape index (κ2) is 8.43. The average molecular weight is 227 g/mol. The minimum Gasteiger partial charge on any atom is -0.356 e. The first-order valence-corrected chi connectivity index (χ1v) is 6.44. The van der Waals surface area contributed by atoms with Gasteiger partial charge in [0.1, 0.15) is 0 Å². The molecule has 2 N–H and O–H groups in total. The van der Waals surface area contributed by atoms with Crippen LogP contribution in [-0.4, -0.2) is 26.1 Å². The van der Waals surface area contributed by atoms with E-state index in [1.165, 1.54) is 19.3 Å². The summed E-state index contributed by atoms with van der Waals surface area (Å²) in [6, 6.07) is 0. The van der Waals surface area contributed by atoms with E-state index in [0.717, 1.165) is 25.5 Å². The quantitative estimate of drug-likeness (QED) is 0.416. The number of rotatable bonds is 6. The van der Waals surface area contributed by atoms with Gasteiger partial charge in [-0.1, -0.05) is 34.1 Å². The van der Waals surface area contributed by atoms with E-state index >= 15 is 0 Å². The predicted molar refractivity (Wildman–Crippen MR) is 73.0 cm³/mol. The molecule has 0 heterocycles. The second-order valence-corrected chi connectivity index (χ2v) is 5.44. The lowest BCUT2D eigenvalue weighted by Gasteiger charge is -2.18. The van der Waals surface area contributed by atoms with Gasteiger partial charge in [-0.25, -0.2) is 0 Å². The van der Waals surface area contributed by atoms with E-state index in [-0.39, 0.29) is 0 Å². The summed E-state index contributed by atoms with van der Waals surface area (Å²) in [5.74, 6) is 0.928. The Balaban J connectivity index is 3.49. The fourth-order valence-electron chi connectivity index (χ4n) is 1.45. The highest BCUT2D eigenvalue weighted by molar-refractivity contribution is 5.79. The number of guanidine groups is 1. The number of aliphatic imine (C=N–C) groups is 1. The number of unbranched alkanes of at least 4 members (excludes halogenated alkanes) is 1. The summed E-state index contributed by atoms with van der Waals surface area (Å²) in [5.41, 5.74) is 0.460. The highest BCUT2D eigenvalue weighted by Crippen LogP contribution is 2.20. The van der Waals surface area contributed by atoms with Crippen molar-refractivity contribution in [1.29, 1.82) is 0 Å². The molecule has 16 heavy (non-hydrogen) atoms. The topological polar surface area (TPSA) is 36.4 Å². The molecule has 0 unspecified atom stereocenters. The van der Waals surface area contributed by atoms with Crippen LogP contribution in [-0.2, 0) is 0 Å². The van der Waals surface area contributed by atoms with Gasteiger partial charge in [-0.15, -0.1) is 0 Å². The first kappa shape index (κ1) is 15.3. The van der Waals surface area contributed by atoms with Crippen molar-refractivity contribution < 1.29 is 0 Å². The molecule has 0 aromatic carbocycles. The van der Waals surface area contributed by atoms with E-state index in [1.54, 1.807) is 0 Å². The van der Waals surface area contributed by atoms with Crippen molar-refractivity contribution in [3.8, 4) is 0 Å². The molecule has 0 rings (SSSR count). The van der Waals surface area contributed by atoms with Crippen molar-refractivity contribution in [1.82, 2.24) is 10.6 Å². The van der Waals surface area contributed by atoms with E-state index in [2.05, 4.69) is 43.3 Å². The number of nitrogens with zero attached hydrogens (tertiary/aromatic N) is 1. The molecule has 3 heteroatoms. The van der Waals surface area contributed by atoms with Crippen LogP contribution in [0.4, 0.5) is 0 Å². The minimum atomic E-state index is 0.460. The van der Waals surface area contributed by atoms with Crippen LogP contribution in [0, 0.1) is 5.41 Å². The highest BCUT2D eigenvalue weighted by atomic mass is 15.2. The molecule has 0 aliphatic carbocycles. The van der Waals surface area contributed by atoms with Gasteiger partial charge in [0.05, 0.1) is 0 Å². The van der Waals surface area contributed by atoms with Gasteiger partial charge >= 0.3 is 0 Å². The van der Waals surface area contributed by atoms with E-state index in [0.29, 0.717) is 5.41 Å². The number of nitrogens with one attached hydrogen (secondary N) is 2. The van der Waals surface area contributed by atoms with Gasteiger partial charge in [-0.3, -0.25) is 4.99 Å². The van der Waals surface area contributed by atoms with Crippen LogP contribution in [0.1, 0.15) is 53.4 Å². The molecule has 3 nitrogen and oxygen atoms in total. The molecule has 0 aliphatic heterocycles. The van der Waals surface area contributed by atoms with Crippen LogP contribution >= 0.6 is 0 Å². The highest BCUT2D eigenvalue weighted by Gasteiger charge is 2.08. The van der Waals surface area contributed by atoms with Gasteiger partial charge < -0.3 is 10.6 Å². The third kappa shape index (κ3) is 9.81. The van der Waals surface area contributed by atoms with Crippen LogP contribution < -0.4 is 10.6 Å². The molecule has 0 aromatic rings. The number of hydrogen-bond acceptors (Lipinski definition) is 1. The normalized spacial score (nSPS) is 12.7. The van der Waals surface area contributed by atoms with Crippen LogP contribution in [0.15, 0.2) is 4.99 Å². The Hall–Kier alpha value is -0.730. The number of hydrogen-bond donors (Lipinski definition) is 2. The molecule has 0 bridgehead atoms. The van der Waals surface area contributed by atoms with Crippen LogP contribution in [0.3, 0.4) is 0 Å². The third-order valence-corrected chi connectivity index (χ3v) is 2.41. The maximum absolute atomic E-state index is 4.17. The second-order valence-electron chi connectivity index (χ2n) is 5.44. The minimum absolute atomic E-state index is 0.460. The molecule has 0 saturated heterocycles. The summed E-state index contributed by atoms with van der Waals surface area (Å²) in [7, 11) is 1.82. The van der Waals surface area contributed by atoms with Crippen molar-refractivity contribution in [2.75, 3.05) is 20.1 Å². The lowest BCUT2D eigenvalue weighted by molar-refractivity contribution is 0.360. The fraction of sp³-hybridized carbons (Fsp3) is 0.923. The Morgan fingerprint density at radius 3 is 2.19 bits per heavy atom. The zero-order valence-corrected chi connectivity index (χ0v) is 11.7. The zero-order chi connectivity index (χ0) is 12.4. The summed E-state index contributed by atoms with van der Waals surface area (Å²) in [4.78, 5) is 4.17. The predicted octanol–water partition coefficient (Wildman–Crippen LogP) is 2.78. The van der Waals surface area contributed by atoms with Crippen LogP contribution in [0.5, 0.6) is 0 Å². The van der Waals surface area contributed by atoms with Crippen LogP contribution in [0.2, 0.25) is 0 Å². The monoisotopic (exact) mass is 227 g/mol. The van der Waals surface area contributed by atoms with Crippen molar-refractivity contribution in [3.63, 3.8) is 0 Å². The third-order valence-electron chi connectivity index (χ3n) is 2.41. The molecule has 0 radical (unpaired) electrons. The van der Waals surface area contributed by atoms with Crippen molar-refractivity contribution in [2.24, 2.45) is 10.4 Å². The Morgan fingerprint density at radius 2 is 1.69 bits per heavy atom. The molecule has 0 aromatic heterocycles. The average Bonchev–Trinajstić information content (AvgIpc) is 2.20. The molecule has 0 atom stereocenters. The smallest absolute Gasteiger partial charge is 0.190 e. The standard InChI is InChI=1S/C13H29N3/c1-6-10-15-12(14-5)16-11-8-7-9-13(2,3)4/h6-11H2,1-5H3,(H2,14,15,16). The van der Waals surface area contributed by atoms with E-state index in [4.69, 9.17) is 0 Å². The summed E-state index contributed by atoms with van der Waals surface area (Å²) >= 11 is 0. The van der Waals surface area contributed by atoms with Crippen LogP contribution in [0.25, 0.3) is 0 Å². The summed E-state index contributed by atoms with van der Waals surface area (Å²) in [5, 5.41) is 6.59. The summed E-state index contributed by atoms with van der Waals surface area (Å²) < 4.78 is 0.